The quantitative estimate of drug-likeness (QED) is 0.847. The number of Topliss-reactive ketones (excluding diaryl/α,β-unsaturated/α-hetero) is 1. The molecule has 2 aromatic carbocycles. The molecule has 0 unspecified atom stereocenters. The zero-order valence-corrected chi connectivity index (χ0v) is 12.1. The minimum atomic E-state index is -0.840. The van der Waals surface area contributed by atoms with Crippen molar-refractivity contribution in [1.82, 2.24) is 0 Å². The summed E-state index contributed by atoms with van der Waals surface area (Å²) in [6.07, 6.45) is 0. The number of carbonyl (C=O) groups is 1. The van der Waals surface area contributed by atoms with Crippen LogP contribution in [0.3, 0.4) is 0 Å². The molecule has 2 aromatic rings. The second kappa shape index (κ2) is 5.09. The predicted molar refractivity (Wildman–Crippen MR) is 84.9 cm³/mol. The van der Waals surface area contributed by atoms with Crippen molar-refractivity contribution < 1.29 is 4.79 Å². The number of rotatable bonds is 3. The summed E-state index contributed by atoms with van der Waals surface area (Å²) in [6, 6.07) is 19.8. The van der Waals surface area contributed by atoms with E-state index in [2.05, 4.69) is 0 Å². The van der Waals surface area contributed by atoms with E-state index in [9.17, 15) is 4.79 Å². The highest BCUT2D eigenvalue weighted by Gasteiger charge is 2.39. The topological polar surface area (TPSA) is 41.8 Å². The van der Waals surface area contributed by atoms with E-state index in [1.807, 2.05) is 67.6 Å². The Hall–Kier alpha value is -2.55. The maximum atomic E-state index is 11.8. The summed E-state index contributed by atoms with van der Waals surface area (Å²) < 4.78 is 0. The summed E-state index contributed by atoms with van der Waals surface area (Å²) >= 11 is 0. The lowest BCUT2D eigenvalue weighted by atomic mass is 9.92. The minimum Gasteiger partial charge on any atom is -0.293 e. The van der Waals surface area contributed by atoms with Crippen LogP contribution in [-0.4, -0.2) is 17.2 Å². The number of benzene rings is 2. The van der Waals surface area contributed by atoms with Crippen LogP contribution in [0.5, 0.6) is 0 Å². The highest BCUT2D eigenvalue weighted by Crippen LogP contribution is 2.38. The van der Waals surface area contributed by atoms with Gasteiger partial charge in [-0.25, -0.2) is 9.98 Å². The van der Waals surface area contributed by atoms with Crippen LogP contribution < -0.4 is 0 Å². The van der Waals surface area contributed by atoms with Crippen molar-refractivity contribution in [2.75, 3.05) is 0 Å². The predicted octanol–water partition coefficient (Wildman–Crippen LogP) is 3.39. The summed E-state index contributed by atoms with van der Waals surface area (Å²) in [5.74, 6) is -0.0509. The average Bonchev–Trinajstić information content (AvgIpc) is 2.88. The molecule has 0 atom stereocenters. The van der Waals surface area contributed by atoms with Gasteiger partial charge in [0.05, 0.1) is 5.71 Å². The molecule has 3 heteroatoms. The Labute approximate surface area is 124 Å². The molecule has 0 spiro atoms. The zero-order valence-electron chi connectivity index (χ0n) is 12.1. The fraction of sp³-hybridized carbons (Fsp3) is 0.167. The van der Waals surface area contributed by atoms with Crippen molar-refractivity contribution in [2.24, 2.45) is 9.98 Å². The van der Waals surface area contributed by atoms with Gasteiger partial charge in [-0.2, -0.15) is 0 Å². The molecular formula is C18H16N2O. The molecule has 0 fully saturated rings. The van der Waals surface area contributed by atoms with Gasteiger partial charge in [0, 0.05) is 18.1 Å². The average molecular weight is 276 g/mol. The lowest BCUT2D eigenvalue weighted by molar-refractivity contribution is -0.110. The third kappa shape index (κ3) is 2.21. The van der Waals surface area contributed by atoms with Gasteiger partial charge in [-0.05, 0) is 6.92 Å². The van der Waals surface area contributed by atoms with Crippen LogP contribution in [0.25, 0.3) is 0 Å². The normalized spacial score (nSPS) is 16.3. The van der Waals surface area contributed by atoms with Gasteiger partial charge in [-0.3, -0.25) is 4.79 Å². The smallest absolute Gasteiger partial charge is 0.202 e. The Balaban J connectivity index is 2.27. The van der Waals surface area contributed by atoms with E-state index in [0.29, 0.717) is 11.4 Å². The van der Waals surface area contributed by atoms with E-state index < -0.39 is 5.66 Å². The Morgan fingerprint density at radius 3 is 1.71 bits per heavy atom. The lowest BCUT2D eigenvalue weighted by Crippen LogP contribution is -2.21. The third-order valence-corrected chi connectivity index (χ3v) is 3.63. The molecule has 1 aliphatic rings. The minimum absolute atomic E-state index is 0.0509. The van der Waals surface area contributed by atoms with E-state index in [1.54, 1.807) is 0 Å². The maximum absolute atomic E-state index is 11.8. The molecule has 104 valence electrons. The number of nitrogens with zero attached hydrogens (tertiary/aromatic N) is 2. The Morgan fingerprint density at radius 2 is 1.33 bits per heavy atom. The summed E-state index contributed by atoms with van der Waals surface area (Å²) in [5.41, 5.74) is 2.24. The molecule has 0 aliphatic carbocycles. The molecule has 3 nitrogen and oxygen atoms in total. The fourth-order valence-corrected chi connectivity index (χ4v) is 2.66. The lowest BCUT2D eigenvalue weighted by Gasteiger charge is -2.24. The monoisotopic (exact) mass is 276 g/mol. The molecule has 1 aliphatic heterocycles. The van der Waals surface area contributed by atoms with Gasteiger partial charge in [-0.15, -0.1) is 0 Å². The molecule has 0 bridgehead atoms. The molecular weight excluding hydrogens is 260 g/mol. The molecule has 0 N–H and O–H groups in total. The van der Waals surface area contributed by atoms with Crippen molar-refractivity contribution >= 4 is 17.2 Å². The van der Waals surface area contributed by atoms with Crippen LogP contribution in [0.2, 0.25) is 0 Å². The highest BCUT2D eigenvalue weighted by molar-refractivity contribution is 6.67. The van der Waals surface area contributed by atoms with Crippen molar-refractivity contribution in [3.8, 4) is 0 Å². The molecule has 0 radical (unpaired) electrons. The molecule has 3 rings (SSSR count). The maximum Gasteiger partial charge on any atom is 0.202 e. The summed E-state index contributed by atoms with van der Waals surface area (Å²) in [5, 5.41) is 0. The van der Waals surface area contributed by atoms with E-state index >= 15 is 0 Å². The Bertz CT molecular complexity index is 691. The molecule has 0 saturated heterocycles. The van der Waals surface area contributed by atoms with Gasteiger partial charge in [0.15, 0.2) is 5.78 Å². The summed E-state index contributed by atoms with van der Waals surface area (Å²) in [6.45, 7) is 3.37. The van der Waals surface area contributed by atoms with Gasteiger partial charge in [0.2, 0.25) is 5.66 Å². The Kier molecular flexibility index (Phi) is 3.26. The van der Waals surface area contributed by atoms with Gasteiger partial charge >= 0.3 is 0 Å². The number of aliphatic imine (C=N–C) groups is 2. The van der Waals surface area contributed by atoms with Gasteiger partial charge in [-0.1, -0.05) is 60.7 Å². The van der Waals surface area contributed by atoms with E-state index in [4.69, 9.17) is 9.98 Å². The van der Waals surface area contributed by atoms with E-state index in [1.165, 1.54) is 6.92 Å². The first-order valence-corrected chi connectivity index (χ1v) is 6.92. The first-order chi connectivity index (χ1) is 10.1. The van der Waals surface area contributed by atoms with Crippen molar-refractivity contribution in [2.45, 2.75) is 19.5 Å². The molecule has 0 amide bonds. The SMILES string of the molecule is CC(=O)C1=NC(c2ccccc2)(c2ccccc2)N=C1C. The standard InChI is InChI=1S/C18H16N2O/c1-13-17(14(2)21)20-18(19-13,15-9-5-3-6-10-15)16-11-7-4-8-12-16/h3-12H,1-2H3. The Morgan fingerprint density at radius 1 is 0.857 bits per heavy atom. The van der Waals surface area contributed by atoms with Crippen LogP contribution in [0.15, 0.2) is 70.6 Å². The van der Waals surface area contributed by atoms with Gasteiger partial charge in [0.1, 0.15) is 5.71 Å². The third-order valence-electron chi connectivity index (χ3n) is 3.63. The van der Waals surface area contributed by atoms with Gasteiger partial charge in [0.25, 0.3) is 0 Å². The first-order valence-electron chi connectivity index (χ1n) is 6.92. The fourth-order valence-electron chi connectivity index (χ4n) is 2.66. The number of ketones is 1. The van der Waals surface area contributed by atoms with Crippen LogP contribution in [0.4, 0.5) is 0 Å². The van der Waals surface area contributed by atoms with Crippen LogP contribution in [0.1, 0.15) is 25.0 Å². The second-order valence-electron chi connectivity index (χ2n) is 5.12. The van der Waals surface area contributed by atoms with Crippen molar-refractivity contribution in [1.29, 1.82) is 0 Å². The van der Waals surface area contributed by atoms with E-state index in [-0.39, 0.29) is 5.78 Å². The van der Waals surface area contributed by atoms with Crippen LogP contribution in [-0.2, 0) is 10.5 Å². The zero-order chi connectivity index (χ0) is 14.9. The van der Waals surface area contributed by atoms with E-state index in [0.717, 1.165) is 11.1 Å². The van der Waals surface area contributed by atoms with Crippen molar-refractivity contribution in [3.05, 3.63) is 71.8 Å². The van der Waals surface area contributed by atoms with Gasteiger partial charge < -0.3 is 0 Å². The molecule has 0 aromatic heterocycles. The highest BCUT2D eigenvalue weighted by atomic mass is 16.1. The summed E-state index contributed by atoms with van der Waals surface area (Å²) in [7, 11) is 0. The number of hydrogen-bond donors (Lipinski definition) is 0. The first kappa shape index (κ1) is 13.4. The molecule has 21 heavy (non-hydrogen) atoms. The van der Waals surface area contributed by atoms with Crippen LogP contribution in [0, 0.1) is 0 Å². The van der Waals surface area contributed by atoms with Crippen molar-refractivity contribution in [3.63, 3.8) is 0 Å². The molecule has 1 heterocycles. The second-order valence-corrected chi connectivity index (χ2v) is 5.12. The largest absolute Gasteiger partial charge is 0.293 e. The van der Waals surface area contributed by atoms with Crippen LogP contribution >= 0.6 is 0 Å². The summed E-state index contributed by atoms with van der Waals surface area (Å²) in [4.78, 5) is 21.3. The molecule has 0 saturated carbocycles. The number of hydrogen-bond acceptors (Lipinski definition) is 3. The number of carbonyl (C=O) groups excluding carboxylic acids is 1.